The number of carbonyl (C=O) groups excluding carboxylic acids is 1. The van der Waals surface area contributed by atoms with Crippen LogP contribution in [0.15, 0.2) is 66.7 Å². The van der Waals surface area contributed by atoms with E-state index in [2.05, 4.69) is 60.2 Å². The summed E-state index contributed by atoms with van der Waals surface area (Å²) in [5.74, 6) is 0.105. The second kappa shape index (κ2) is 7.41. The zero-order chi connectivity index (χ0) is 21.9. The van der Waals surface area contributed by atoms with E-state index < -0.39 is 0 Å². The summed E-state index contributed by atoms with van der Waals surface area (Å²) in [6, 6.07) is 24.1. The van der Waals surface area contributed by atoms with Crippen LogP contribution in [0.2, 0.25) is 0 Å². The molecule has 2 bridgehead atoms. The third-order valence-electron chi connectivity index (χ3n) is 8.62. The number of rotatable bonds is 3. The highest BCUT2D eigenvalue weighted by atomic mass is 16.2. The number of hydrogen-bond acceptors (Lipinski definition) is 3. The highest BCUT2D eigenvalue weighted by Gasteiger charge is 2.62. The van der Waals surface area contributed by atoms with Gasteiger partial charge in [0.1, 0.15) is 5.69 Å². The average molecular weight is 426 g/mol. The molecule has 6 rings (SSSR count). The maximum atomic E-state index is 14.2. The predicted molar refractivity (Wildman–Crippen MR) is 128 cm³/mol. The Balaban J connectivity index is 1.44. The van der Waals surface area contributed by atoms with Gasteiger partial charge in [0.2, 0.25) is 0 Å². The summed E-state index contributed by atoms with van der Waals surface area (Å²) in [4.78, 5) is 23.8. The van der Waals surface area contributed by atoms with Crippen LogP contribution in [0, 0.1) is 5.41 Å². The normalized spacial score (nSPS) is 31.8. The lowest BCUT2D eigenvalue weighted by Crippen LogP contribution is -2.62. The third-order valence-corrected chi connectivity index (χ3v) is 8.62. The lowest BCUT2D eigenvalue weighted by atomic mass is 9.64. The van der Waals surface area contributed by atoms with Crippen molar-refractivity contribution in [3.63, 3.8) is 0 Å². The van der Waals surface area contributed by atoms with E-state index in [0.717, 1.165) is 23.7 Å². The number of likely N-dealkylation sites (tertiary alicyclic amines) is 2. The molecular weight excluding hydrogens is 394 g/mol. The van der Waals surface area contributed by atoms with Crippen molar-refractivity contribution >= 4 is 16.8 Å². The van der Waals surface area contributed by atoms with Crippen molar-refractivity contribution in [2.75, 3.05) is 7.05 Å². The zero-order valence-electron chi connectivity index (χ0n) is 18.9. The monoisotopic (exact) mass is 425 g/mol. The first kappa shape index (κ1) is 19.9. The summed E-state index contributed by atoms with van der Waals surface area (Å²) in [5, 5.41) is 1.08. The van der Waals surface area contributed by atoms with Crippen LogP contribution in [0.5, 0.6) is 0 Å². The molecule has 3 heterocycles. The highest BCUT2D eigenvalue weighted by molar-refractivity contribution is 5.95. The molecule has 32 heavy (non-hydrogen) atoms. The molecule has 3 aliphatic rings. The molecule has 4 nitrogen and oxygen atoms in total. The van der Waals surface area contributed by atoms with Gasteiger partial charge in [0.25, 0.3) is 5.91 Å². The summed E-state index contributed by atoms with van der Waals surface area (Å²) in [6.45, 7) is 2.44. The number of likely N-dealkylation sites (N-methyl/N-ethyl adjacent to an activating group) is 1. The molecule has 2 aliphatic heterocycles. The molecule has 1 amide bonds. The number of hydrogen-bond donors (Lipinski definition) is 0. The van der Waals surface area contributed by atoms with Gasteiger partial charge in [0.15, 0.2) is 0 Å². The minimum absolute atomic E-state index is 0.105. The second-order valence-corrected chi connectivity index (χ2v) is 10.3. The minimum Gasteiger partial charge on any atom is -0.329 e. The summed E-state index contributed by atoms with van der Waals surface area (Å²) < 4.78 is 0. The quantitative estimate of drug-likeness (QED) is 0.597. The molecule has 2 aromatic carbocycles. The predicted octanol–water partition coefficient (Wildman–Crippen LogP) is 4.93. The van der Waals surface area contributed by atoms with Crippen molar-refractivity contribution < 1.29 is 4.79 Å². The number of amides is 1. The summed E-state index contributed by atoms with van der Waals surface area (Å²) >= 11 is 0. The zero-order valence-corrected chi connectivity index (χ0v) is 18.9. The van der Waals surface area contributed by atoms with Crippen molar-refractivity contribution in [3.05, 3.63) is 78.0 Å². The van der Waals surface area contributed by atoms with E-state index >= 15 is 0 Å². The fourth-order valence-electron chi connectivity index (χ4n) is 7.13. The number of pyridine rings is 1. The highest BCUT2D eigenvalue weighted by Crippen LogP contribution is 2.56. The molecular formula is C28H31N3O. The fourth-order valence-corrected chi connectivity index (χ4v) is 7.13. The van der Waals surface area contributed by atoms with Gasteiger partial charge in [-0.3, -0.25) is 9.69 Å². The van der Waals surface area contributed by atoms with E-state index in [9.17, 15) is 4.79 Å². The molecule has 1 saturated carbocycles. The van der Waals surface area contributed by atoms with E-state index in [4.69, 9.17) is 4.98 Å². The van der Waals surface area contributed by atoms with Crippen LogP contribution < -0.4 is 0 Å². The maximum absolute atomic E-state index is 14.2. The molecule has 164 valence electrons. The van der Waals surface area contributed by atoms with Crippen molar-refractivity contribution in [2.24, 2.45) is 5.41 Å². The Labute approximate surface area is 190 Å². The Bertz CT molecular complexity index is 1160. The van der Waals surface area contributed by atoms with Crippen LogP contribution in [0.1, 0.15) is 48.7 Å². The number of nitrogens with zero attached hydrogens (tertiary/aromatic N) is 3. The van der Waals surface area contributed by atoms with Crippen LogP contribution in [-0.2, 0) is 6.42 Å². The van der Waals surface area contributed by atoms with Crippen LogP contribution in [0.3, 0.4) is 0 Å². The van der Waals surface area contributed by atoms with Gasteiger partial charge in [-0.1, -0.05) is 61.5 Å². The molecule has 2 saturated heterocycles. The maximum Gasteiger partial charge on any atom is 0.273 e. The minimum atomic E-state index is 0.105. The fraction of sp³-hybridized carbons (Fsp3) is 0.429. The molecule has 5 atom stereocenters. The lowest BCUT2D eigenvalue weighted by Gasteiger charge is -2.53. The van der Waals surface area contributed by atoms with E-state index in [0.29, 0.717) is 17.8 Å². The van der Waals surface area contributed by atoms with Gasteiger partial charge in [0, 0.05) is 28.9 Å². The van der Waals surface area contributed by atoms with E-state index in [-0.39, 0.29) is 23.4 Å². The number of para-hydroxylation sites is 1. The third kappa shape index (κ3) is 2.92. The van der Waals surface area contributed by atoms with Gasteiger partial charge in [-0.2, -0.15) is 0 Å². The van der Waals surface area contributed by atoms with Crippen molar-refractivity contribution in [1.82, 2.24) is 14.8 Å². The van der Waals surface area contributed by atoms with Crippen LogP contribution in [-0.4, -0.2) is 51.9 Å². The largest absolute Gasteiger partial charge is 0.329 e. The van der Waals surface area contributed by atoms with Crippen LogP contribution >= 0.6 is 0 Å². The van der Waals surface area contributed by atoms with Gasteiger partial charge in [0.05, 0.1) is 11.6 Å². The number of carbonyl (C=O) groups is 1. The number of benzene rings is 2. The Morgan fingerprint density at radius 3 is 2.59 bits per heavy atom. The Kier molecular flexibility index (Phi) is 4.62. The molecule has 0 unspecified atom stereocenters. The summed E-state index contributed by atoms with van der Waals surface area (Å²) in [7, 11) is 2.29. The van der Waals surface area contributed by atoms with E-state index in [1.165, 1.54) is 24.8 Å². The van der Waals surface area contributed by atoms with Gasteiger partial charge in [-0.05, 0) is 56.8 Å². The first-order valence-electron chi connectivity index (χ1n) is 12.0. The lowest BCUT2D eigenvalue weighted by molar-refractivity contribution is -0.0114. The van der Waals surface area contributed by atoms with Crippen molar-refractivity contribution in [2.45, 2.75) is 63.2 Å². The Hall–Kier alpha value is -2.72. The SMILES string of the molecule is CN1[C@H]2CCC[C@H]3N(C(=O)c4ccc5ccccc5n4)[C@H](Cc4ccccc4)[C@@H]1C[C@@]23C. The number of aromatic nitrogens is 1. The Morgan fingerprint density at radius 2 is 1.75 bits per heavy atom. The molecule has 4 heteroatoms. The molecule has 0 N–H and O–H groups in total. The second-order valence-electron chi connectivity index (χ2n) is 10.3. The smallest absolute Gasteiger partial charge is 0.273 e. The van der Waals surface area contributed by atoms with Crippen molar-refractivity contribution in [1.29, 1.82) is 0 Å². The van der Waals surface area contributed by atoms with Crippen molar-refractivity contribution in [3.8, 4) is 0 Å². The standard InChI is InChI=1S/C28H31N3O/c1-28-18-24-23(17-19-9-4-3-5-10-19)31(26(28)14-8-13-25(28)30(24)2)27(32)22-16-15-20-11-6-7-12-21(20)29-22/h3-7,9-12,15-16,23-26H,8,13-14,17-18H2,1-2H3/t23-,24+,25+,26-,28+/m1/s1. The molecule has 3 aromatic rings. The molecule has 3 fully saturated rings. The molecule has 1 aliphatic carbocycles. The number of piperidine rings is 1. The first-order valence-corrected chi connectivity index (χ1v) is 12.0. The molecule has 0 spiro atoms. The van der Waals surface area contributed by atoms with Gasteiger partial charge in [-0.15, -0.1) is 0 Å². The van der Waals surface area contributed by atoms with Crippen LogP contribution in [0.4, 0.5) is 0 Å². The average Bonchev–Trinajstić information content (AvgIpc) is 3.09. The topological polar surface area (TPSA) is 36.4 Å². The van der Waals surface area contributed by atoms with E-state index in [1.807, 2.05) is 30.3 Å². The first-order chi connectivity index (χ1) is 15.6. The summed E-state index contributed by atoms with van der Waals surface area (Å²) in [6.07, 6.45) is 5.61. The summed E-state index contributed by atoms with van der Waals surface area (Å²) in [5.41, 5.74) is 2.94. The van der Waals surface area contributed by atoms with Gasteiger partial charge in [-0.25, -0.2) is 4.98 Å². The van der Waals surface area contributed by atoms with Gasteiger partial charge < -0.3 is 4.90 Å². The van der Waals surface area contributed by atoms with Gasteiger partial charge >= 0.3 is 0 Å². The molecule has 0 radical (unpaired) electrons. The van der Waals surface area contributed by atoms with E-state index in [1.54, 1.807) is 0 Å². The number of fused-ring (bicyclic) bond motifs is 2. The van der Waals surface area contributed by atoms with Crippen LogP contribution in [0.25, 0.3) is 10.9 Å². The Morgan fingerprint density at radius 1 is 1.00 bits per heavy atom. The molecule has 1 aromatic heterocycles.